The van der Waals surface area contributed by atoms with E-state index < -0.39 is 10.0 Å². The molecule has 0 bridgehead atoms. The Hall–Kier alpha value is -1.82. The number of fused-ring (bicyclic) bond motifs is 1. The van der Waals surface area contributed by atoms with Crippen LogP contribution in [-0.2, 0) is 10.0 Å². The average Bonchev–Trinajstić information content (AvgIpc) is 2.60. The number of piperazine rings is 1. The molecule has 0 N–H and O–H groups in total. The normalized spacial score (nSPS) is 20.7. The molecule has 0 radical (unpaired) electrons. The second-order valence-electron chi connectivity index (χ2n) is 5.55. The minimum atomic E-state index is -3.56. The zero-order chi connectivity index (χ0) is 16.4. The lowest BCUT2D eigenvalue weighted by Crippen LogP contribution is -2.50. The quantitative estimate of drug-likeness (QED) is 0.806. The maximum atomic E-state index is 12.8. The van der Waals surface area contributed by atoms with Gasteiger partial charge in [0.25, 0.3) is 0 Å². The van der Waals surface area contributed by atoms with Crippen molar-refractivity contribution < 1.29 is 17.9 Å². The number of hydrogen-bond acceptors (Lipinski definition) is 6. The van der Waals surface area contributed by atoms with E-state index in [1.165, 1.54) is 10.4 Å². The summed E-state index contributed by atoms with van der Waals surface area (Å²) in [5, 5.41) is 8.95. The summed E-state index contributed by atoms with van der Waals surface area (Å²) in [6.45, 7) is 4.58. The molecule has 0 aliphatic carbocycles. The monoisotopic (exact) mass is 337 g/mol. The van der Waals surface area contributed by atoms with Crippen molar-refractivity contribution in [1.29, 1.82) is 5.26 Å². The van der Waals surface area contributed by atoms with Crippen molar-refractivity contribution in [2.75, 3.05) is 39.4 Å². The van der Waals surface area contributed by atoms with E-state index in [9.17, 15) is 8.42 Å². The van der Waals surface area contributed by atoms with E-state index in [4.69, 9.17) is 14.7 Å². The van der Waals surface area contributed by atoms with Crippen LogP contribution < -0.4 is 9.47 Å². The second kappa shape index (κ2) is 6.35. The van der Waals surface area contributed by atoms with Crippen LogP contribution in [0.25, 0.3) is 0 Å². The van der Waals surface area contributed by atoms with Gasteiger partial charge in [-0.15, -0.1) is 0 Å². The number of ether oxygens (including phenoxy) is 2. The van der Waals surface area contributed by atoms with Crippen LogP contribution in [0.15, 0.2) is 23.1 Å². The first-order valence-corrected chi connectivity index (χ1v) is 9.00. The van der Waals surface area contributed by atoms with Gasteiger partial charge in [-0.05, 0) is 19.1 Å². The molecule has 1 fully saturated rings. The van der Waals surface area contributed by atoms with Gasteiger partial charge in [0, 0.05) is 32.2 Å². The number of nitrogens with zero attached hydrogens (tertiary/aromatic N) is 3. The molecule has 0 amide bonds. The minimum absolute atomic E-state index is 0.200. The Balaban J connectivity index is 1.76. The first kappa shape index (κ1) is 16.1. The van der Waals surface area contributed by atoms with Crippen molar-refractivity contribution in [1.82, 2.24) is 9.21 Å². The fourth-order valence-corrected chi connectivity index (χ4v) is 4.18. The molecule has 1 saturated heterocycles. The molecule has 2 aliphatic heterocycles. The Morgan fingerprint density at radius 1 is 1.13 bits per heavy atom. The predicted molar refractivity (Wildman–Crippen MR) is 82.8 cm³/mol. The lowest BCUT2D eigenvalue weighted by Gasteiger charge is -2.35. The highest BCUT2D eigenvalue weighted by Crippen LogP contribution is 2.33. The van der Waals surface area contributed by atoms with E-state index in [0.717, 1.165) is 0 Å². The van der Waals surface area contributed by atoms with Crippen LogP contribution >= 0.6 is 0 Å². The molecule has 0 spiro atoms. The molecule has 3 rings (SSSR count). The van der Waals surface area contributed by atoms with Crippen LogP contribution in [0.4, 0.5) is 0 Å². The van der Waals surface area contributed by atoms with Gasteiger partial charge in [0.15, 0.2) is 11.5 Å². The van der Waals surface area contributed by atoms with E-state index >= 15 is 0 Å². The van der Waals surface area contributed by atoms with Gasteiger partial charge in [0.2, 0.25) is 10.0 Å². The number of benzene rings is 1. The SMILES string of the molecule is C[C@H](C#N)N1CCN(S(=O)(=O)c2ccc3c(c2)OCCO3)CC1. The van der Waals surface area contributed by atoms with E-state index in [1.807, 2.05) is 11.8 Å². The van der Waals surface area contributed by atoms with E-state index in [2.05, 4.69) is 6.07 Å². The molecule has 0 unspecified atom stereocenters. The summed E-state index contributed by atoms with van der Waals surface area (Å²) in [6.07, 6.45) is 0. The molecule has 1 atom stereocenters. The predicted octanol–water partition coefficient (Wildman–Crippen LogP) is 0.676. The summed E-state index contributed by atoms with van der Waals surface area (Å²) in [4.78, 5) is 2.19. The van der Waals surface area contributed by atoms with Crippen molar-refractivity contribution in [2.45, 2.75) is 17.9 Å². The number of sulfonamides is 1. The summed E-state index contributed by atoms with van der Waals surface area (Å²) in [5.74, 6) is 1.04. The fraction of sp³-hybridized carbons (Fsp3) is 0.533. The Bertz CT molecular complexity index is 721. The Labute approximate surface area is 136 Å². The zero-order valence-corrected chi connectivity index (χ0v) is 13.8. The lowest BCUT2D eigenvalue weighted by atomic mass is 10.2. The minimum Gasteiger partial charge on any atom is -0.486 e. The molecule has 1 aromatic carbocycles. The third-order valence-corrected chi connectivity index (χ3v) is 6.05. The Morgan fingerprint density at radius 3 is 2.43 bits per heavy atom. The lowest BCUT2D eigenvalue weighted by molar-refractivity contribution is 0.168. The fourth-order valence-electron chi connectivity index (χ4n) is 2.75. The van der Waals surface area contributed by atoms with Crippen LogP contribution in [0.3, 0.4) is 0 Å². The first-order valence-electron chi connectivity index (χ1n) is 7.56. The molecule has 8 heteroatoms. The summed E-state index contributed by atoms with van der Waals surface area (Å²) in [5.41, 5.74) is 0. The maximum absolute atomic E-state index is 12.8. The first-order chi connectivity index (χ1) is 11.0. The highest BCUT2D eigenvalue weighted by molar-refractivity contribution is 7.89. The van der Waals surface area contributed by atoms with Gasteiger partial charge >= 0.3 is 0 Å². The standard InChI is InChI=1S/C15H19N3O4S/c1-12(11-16)17-4-6-18(7-5-17)23(19,20)13-2-3-14-15(10-13)22-9-8-21-14/h2-3,10,12H,4-9H2,1H3/t12-/m1/s1. The summed E-state index contributed by atoms with van der Waals surface area (Å²) < 4.78 is 37.9. The van der Waals surface area contributed by atoms with Gasteiger partial charge in [-0.2, -0.15) is 9.57 Å². The molecular weight excluding hydrogens is 318 g/mol. The number of nitriles is 1. The second-order valence-corrected chi connectivity index (χ2v) is 7.49. The molecule has 0 saturated carbocycles. The number of rotatable bonds is 3. The average molecular weight is 337 g/mol. The summed E-state index contributed by atoms with van der Waals surface area (Å²) >= 11 is 0. The van der Waals surface area contributed by atoms with E-state index in [0.29, 0.717) is 50.9 Å². The third-order valence-electron chi connectivity index (χ3n) is 4.16. The van der Waals surface area contributed by atoms with Gasteiger partial charge in [0.1, 0.15) is 13.2 Å². The van der Waals surface area contributed by atoms with Crippen molar-refractivity contribution in [2.24, 2.45) is 0 Å². The zero-order valence-electron chi connectivity index (χ0n) is 12.9. The molecule has 7 nitrogen and oxygen atoms in total. The molecule has 0 aromatic heterocycles. The van der Waals surface area contributed by atoms with Gasteiger partial charge < -0.3 is 9.47 Å². The summed E-state index contributed by atoms with van der Waals surface area (Å²) in [6, 6.07) is 6.69. The topological polar surface area (TPSA) is 82.9 Å². The van der Waals surface area contributed by atoms with Crippen LogP contribution in [0, 0.1) is 11.3 Å². The number of hydrogen-bond donors (Lipinski definition) is 0. The third kappa shape index (κ3) is 3.13. The van der Waals surface area contributed by atoms with Crippen molar-refractivity contribution in [3.05, 3.63) is 18.2 Å². The summed E-state index contributed by atoms with van der Waals surface area (Å²) in [7, 11) is -3.56. The molecule has 124 valence electrons. The highest BCUT2D eigenvalue weighted by Gasteiger charge is 2.30. The van der Waals surface area contributed by atoms with Gasteiger partial charge in [0.05, 0.1) is 17.0 Å². The molecule has 2 heterocycles. The van der Waals surface area contributed by atoms with Gasteiger partial charge in [-0.3, -0.25) is 4.90 Å². The molecule has 2 aliphatic rings. The van der Waals surface area contributed by atoms with Gasteiger partial charge in [-0.1, -0.05) is 0 Å². The van der Waals surface area contributed by atoms with E-state index in [-0.39, 0.29) is 10.9 Å². The maximum Gasteiger partial charge on any atom is 0.243 e. The van der Waals surface area contributed by atoms with Crippen molar-refractivity contribution in [3.8, 4) is 17.6 Å². The Morgan fingerprint density at radius 2 is 1.78 bits per heavy atom. The van der Waals surface area contributed by atoms with E-state index in [1.54, 1.807) is 12.1 Å². The van der Waals surface area contributed by atoms with Crippen molar-refractivity contribution in [3.63, 3.8) is 0 Å². The van der Waals surface area contributed by atoms with Crippen molar-refractivity contribution >= 4 is 10.0 Å². The highest BCUT2D eigenvalue weighted by atomic mass is 32.2. The molecule has 1 aromatic rings. The van der Waals surface area contributed by atoms with Crippen LogP contribution in [0.5, 0.6) is 11.5 Å². The Kier molecular flexibility index (Phi) is 4.43. The van der Waals surface area contributed by atoms with Crippen LogP contribution in [0.2, 0.25) is 0 Å². The molecule has 23 heavy (non-hydrogen) atoms. The smallest absolute Gasteiger partial charge is 0.243 e. The van der Waals surface area contributed by atoms with Gasteiger partial charge in [-0.25, -0.2) is 8.42 Å². The van der Waals surface area contributed by atoms with Crippen LogP contribution in [0.1, 0.15) is 6.92 Å². The largest absolute Gasteiger partial charge is 0.486 e. The molecular formula is C15H19N3O4S. The van der Waals surface area contributed by atoms with Crippen LogP contribution in [-0.4, -0.2) is 63.1 Å².